The zero-order chi connectivity index (χ0) is 19.1. The molecule has 0 saturated carbocycles. The average molecular weight is 360 g/mol. The summed E-state index contributed by atoms with van der Waals surface area (Å²) in [5.41, 5.74) is 0.452. The van der Waals surface area contributed by atoms with Crippen molar-refractivity contribution in [3.63, 3.8) is 0 Å². The van der Waals surface area contributed by atoms with Crippen LogP contribution in [0.15, 0.2) is 30.3 Å². The molecule has 0 spiro atoms. The average Bonchev–Trinajstić information content (AvgIpc) is 2.76. The number of aliphatic hydroxyl groups is 1. The van der Waals surface area contributed by atoms with Gasteiger partial charge in [0.1, 0.15) is 5.60 Å². The van der Waals surface area contributed by atoms with Gasteiger partial charge >= 0.3 is 6.09 Å². The normalized spacial score (nSPS) is 30.3. The van der Waals surface area contributed by atoms with Gasteiger partial charge in [0.2, 0.25) is 0 Å². The van der Waals surface area contributed by atoms with Crippen molar-refractivity contribution < 1.29 is 14.6 Å². The Bertz CT molecular complexity index is 640. The minimum atomic E-state index is -0.519. The number of nitrogens with zero attached hydrogens (tertiary/aromatic N) is 2. The van der Waals surface area contributed by atoms with Gasteiger partial charge in [0.05, 0.1) is 23.7 Å². The molecule has 0 aliphatic carbocycles. The van der Waals surface area contributed by atoms with Gasteiger partial charge in [-0.3, -0.25) is 9.80 Å². The second-order valence-corrected chi connectivity index (χ2v) is 9.08. The number of aliphatic hydroxyl groups excluding tert-OH is 1. The van der Waals surface area contributed by atoms with Crippen LogP contribution in [0.1, 0.15) is 53.0 Å². The van der Waals surface area contributed by atoms with Crippen molar-refractivity contribution in [2.45, 2.75) is 83.3 Å². The van der Waals surface area contributed by atoms with Crippen molar-refractivity contribution in [3.05, 3.63) is 35.9 Å². The van der Waals surface area contributed by atoms with E-state index in [-0.39, 0.29) is 23.7 Å². The van der Waals surface area contributed by atoms with Gasteiger partial charge in [-0.1, -0.05) is 30.3 Å². The highest BCUT2D eigenvalue weighted by Gasteiger charge is 2.56. The van der Waals surface area contributed by atoms with Crippen LogP contribution >= 0.6 is 0 Å². The third kappa shape index (κ3) is 3.74. The van der Waals surface area contributed by atoms with Gasteiger partial charge in [0.25, 0.3) is 0 Å². The number of fused-ring (bicyclic) bond motifs is 2. The molecule has 2 saturated heterocycles. The van der Waals surface area contributed by atoms with Crippen LogP contribution in [0.25, 0.3) is 0 Å². The summed E-state index contributed by atoms with van der Waals surface area (Å²) in [6.07, 6.45) is 1.06. The van der Waals surface area contributed by atoms with Crippen LogP contribution in [0, 0.1) is 0 Å². The fraction of sp³-hybridized carbons (Fsp3) is 0.667. The van der Waals surface area contributed by atoms with E-state index < -0.39 is 11.7 Å². The van der Waals surface area contributed by atoms with Crippen molar-refractivity contribution in [3.8, 4) is 0 Å². The highest BCUT2D eigenvalue weighted by molar-refractivity contribution is 5.70. The van der Waals surface area contributed by atoms with Gasteiger partial charge in [0, 0.05) is 13.1 Å². The quantitative estimate of drug-likeness (QED) is 0.897. The van der Waals surface area contributed by atoms with E-state index in [0.717, 1.165) is 25.9 Å². The van der Waals surface area contributed by atoms with E-state index in [1.165, 1.54) is 5.56 Å². The molecule has 26 heavy (non-hydrogen) atoms. The molecule has 0 aromatic heterocycles. The zero-order valence-corrected chi connectivity index (χ0v) is 16.6. The summed E-state index contributed by atoms with van der Waals surface area (Å²) < 4.78 is 5.69. The number of benzene rings is 1. The molecule has 1 N–H and O–H groups in total. The Morgan fingerprint density at radius 3 is 2.58 bits per heavy atom. The first-order valence-corrected chi connectivity index (χ1v) is 9.59. The van der Waals surface area contributed by atoms with Crippen molar-refractivity contribution in [1.82, 2.24) is 9.80 Å². The van der Waals surface area contributed by atoms with E-state index in [0.29, 0.717) is 0 Å². The van der Waals surface area contributed by atoms with Crippen LogP contribution in [0.4, 0.5) is 4.79 Å². The predicted octanol–water partition coefficient (Wildman–Crippen LogP) is 3.41. The number of piperazine rings is 1. The molecule has 1 aromatic rings. The number of amides is 1. The molecule has 3 rings (SSSR count). The SMILES string of the molecule is C[C@H](O)[C@@H]1[C@@H]2CC[C@](C)(CN1Cc1ccccc1)N2C(=O)OC(C)(C)C. The van der Waals surface area contributed by atoms with Crippen LogP contribution in [-0.2, 0) is 11.3 Å². The van der Waals surface area contributed by atoms with E-state index in [1.54, 1.807) is 0 Å². The summed E-state index contributed by atoms with van der Waals surface area (Å²) in [5.74, 6) is 0. The van der Waals surface area contributed by atoms with Gasteiger partial charge in [-0.2, -0.15) is 0 Å². The molecular formula is C21H32N2O3. The van der Waals surface area contributed by atoms with Gasteiger partial charge in [0.15, 0.2) is 0 Å². The Morgan fingerprint density at radius 2 is 2.00 bits per heavy atom. The van der Waals surface area contributed by atoms with E-state index in [1.807, 2.05) is 50.8 Å². The lowest BCUT2D eigenvalue weighted by molar-refractivity contribution is -0.0777. The fourth-order valence-corrected chi connectivity index (χ4v) is 4.65. The van der Waals surface area contributed by atoms with Crippen LogP contribution < -0.4 is 0 Å². The maximum Gasteiger partial charge on any atom is 0.411 e. The Kier molecular flexibility index (Phi) is 5.06. The first kappa shape index (κ1) is 19.2. The Labute approximate surface area is 156 Å². The molecule has 0 radical (unpaired) electrons. The number of carbonyl (C=O) groups is 1. The minimum absolute atomic E-state index is 0.0210. The van der Waals surface area contributed by atoms with Gasteiger partial charge in [-0.05, 0) is 53.0 Å². The summed E-state index contributed by atoms with van der Waals surface area (Å²) >= 11 is 0. The highest BCUT2D eigenvalue weighted by Crippen LogP contribution is 2.44. The molecule has 0 unspecified atom stereocenters. The lowest BCUT2D eigenvalue weighted by Crippen LogP contribution is -2.68. The summed E-state index contributed by atoms with van der Waals surface area (Å²) in [7, 11) is 0. The molecule has 2 fully saturated rings. The minimum Gasteiger partial charge on any atom is -0.444 e. The number of hydrogen-bond donors (Lipinski definition) is 1. The molecule has 2 aliphatic rings. The predicted molar refractivity (Wildman–Crippen MR) is 102 cm³/mol. The number of ether oxygens (including phenoxy) is 1. The highest BCUT2D eigenvalue weighted by atomic mass is 16.6. The fourth-order valence-electron chi connectivity index (χ4n) is 4.65. The third-order valence-corrected chi connectivity index (χ3v) is 5.56. The molecule has 4 atom stereocenters. The molecule has 1 amide bonds. The molecular weight excluding hydrogens is 328 g/mol. The van der Waals surface area contributed by atoms with Crippen LogP contribution in [0.3, 0.4) is 0 Å². The maximum absolute atomic E-state index is 12.9. The summed E-state index contributed by atoms with van der Waals surface area (Å²) in [6.45, 7) is 11.2. The second kappa shape index (κ2) is 6.86. The second-order valence-electron chi connectivity index (χ2n) is 9.08. The Balaban J connectivity index is 1.87. The summed E-state index contributed by atoms with van der Waals surface area (Å²) in [4.78, 5) is 17.2. The lowest BCUT2D eigenvalue weighted by atomic mass is 9.93. The van der Waals surface area contributed by atoms with Gasteiger partial charge in [-0.25, -0.2) is 4.79 Å². The topological polar surface area (TPSA) is 53.0 Å². The first-order valence-electron chi connectivity index (χ1n) is 9.59. The number of likely N-dealkylation sites (tertiary alicyclic amines) is 1. The summed E-state index contributed by atoms with van der Waals surface area (Å²) in [6, 6.07) is 10.2. The summed E-state index contributed by atoms with van der Waals surface area (Å²) in [5, 5.41) is 10.5. The maximum atomic E-state index is 12.9. The van der Waals surface area contributed by atoms with Crippen LogP contribution in [0.5, 0.6) is 0 Å². The Morgan fingerprint density at radius 1 is 1.35 bits per heavy atom. The monoisotopic (exact) mass is 360 g/mol. The third-order valence-electron chi connectivity index (χ3n) is 5.56. The molecule has 2 aliphatic heterocycles. The van der Waals surface area contributed by atoms with Gasteiger partial charge < -0.3 is 9.84 Å². The number of rotatable bonds is 3. The first-order chi connectivity index (χ1) is 12.1. The molecule has 5 heteroatoms. The van der Waals surface area contributed by atoms with E-state index in [2.05, 4.69) is 24.0 Å². The molecule has 2 bridgehead atoms. The molecule has 5 nitrogen and oxygen atoms in total. The van der Waals surface area contributed by atoms with Crippen LogP contribution in [0.2, 0.25) is 0 Å². The van der Waals surface area contributed by atoms with Crippen molar-refractivity contribution >= 4 is 6.09 Å². The van der Waals surface area contributed by atoms with Gasteiger partial charge in [-0.15, -0.1) is 0 Å². The molecule has 2 heterocycles. The lowest BCUT2D eigenvalue weighted by Gasteiger charge is -2.52. The zero-order valence-electron chi connectivity index (χ0n) is 16.6. The smallest absolute Gasteiger partial charge is 0.411 e. The van der Waals surface area contributed by atoms with E-state index >= 15 is 0 Å². The molecule has 1 aromatic carbocycles. The van der Waals surface area contributed by atoms with Crippen molar-refractivity contribution in [1.29, 1.82) is 0 Å². The van der Waals surface area contributed by atoms with Crippen molar-refractivity contribution in [2.24, 2.45) is 0 Å². The Hall–Kier alpha value is -1.59. The standard InChI is InChI=1S/C21H32N2O3/c1-15(24)18-17-11-12-21(5,23(17)19(25)26-20(2,3)4)14-22(18)13-16-9-7-6-8-10-16/h6-10,15,17-18,24H,11-14H2,1-5H3/t15-,17-,18+,21+/m0/s1. The van der Waals surface area contributed by atoms with E-state index in [9.17, 15) is 9.90 Å². The largest absolute Gasteiger partial charge is 0.444 e. The molecule has 144 valence electrons. The van der Waals surface area contributed by atoms with Crippen molar-refractivity contribution in [2.75, 3.05) is 6.54 Å². The number of hydrogen-bond acceptors (Lipinski definition) is 4. The van der Waals surface area contributed by atoms with Crippen LogP contribution in [-0.4, -0.2) is 56.9 Å². The number of carbonyl (C=O) groups excluding carboxylic acids is 1. The van der Waals surface area contributed by atoms with E-state index in [4.69, 9.17) is 4.74 Å².